The maximum atomic E-state index is 7.85. The Morgan fingerprint density at radius 3 is 2.50 bits per heavy atom. The largest absolute Gasteiger partial charge is 0.773 e. The van der Waals surface area contributed by atoms with E-state index in [4.69, 9.17) is 5.41 Å². The van der Waals surface area contributed by atoms with Crippen LogP contribution >= 0.6 is 12.2 Å². The van der Waals surface area contributed by atoms with E-state index in [2.05, 4.69) is 24.8 Å². The quantitative estimate of drug-likeness (QED) is 0.217. The Balaban J connectivity index is 3.86. The molecule has 0 aliphatic heterocycles. The van der Waals surface area contributed by atoms with E-state index < -0.39 is 0 Å². The van der Waals surface area contributed by atoms with Crippen molar-refractivity contribution in [2.24, 2.45) is 0 Å². The first-order valence-corrected chi connectivity index (χ1v) is 2.08. The normalized spacial score (nSPS) is 6.00. The first-order valence-electron chi connectivity index (χ1n) is 1.20. The van der Waals surface area contributed by atoms with E-state index in [0.717, 1.165) is 0 Å². The van der Waals surface area contributed by atoms with Crippen LogP contribution in [0.4, 0.5) is 0 Å². The fraction of sp³-hybridized carbons (Fsp3) is 0. The van der Waals surface area contributed by atoms with Gasteiger partial charge in [0.15, 0.2) is 0 Å². The number of hydrogen-bond donors (Lipinski definition) is 0. The minimum absolute atomic E-state index is 0.171. The van der Waals surface area contributed by atoms with Crippen molar-refractivity contribution < 1.29 is 0 Å². The molecule has 0 rings (SSSR count). The van der Waals surface area contributed by atoms with Crippen molar-refractivity contribution in [1.82, 2.24) is 0 Å². The van der Waals surface area contributed by atoms with Gasteiger partial charge in [0.1, 0.15) is 0 Å². The summed E-state index contributed by atoms with van der Waals surface area (Å²) >= 11 is 8.62. The zero-order valence-corrected chi connectivity index (χ0v) is 4.47. The second kappa shape index (κ2) is 2.97. The number of hydrogen-bond acceptors (Lipinski definition) is 2. The number of allylic oxidation sites excluding steroid dienone is 1. The van der Waals surface area contributed by atoms with E-state index in [9.17, 15) is 0 Å². The van der Waals surface area contributed by atoms with Gasteiger partial charge in [0.25, 0.3) is 0 Å². The molecule has 0 radical (unpaired) electrons. The van der Waals surface area contributed by atoms with Crippen LogP contribution in [0.2, 0.25) is 0 Å². The van der Waals surface area contributed by atoms with E-state index in [1.807, 2.05) is 0 Å². The molecule has 0 amide bonds. The third kappa shape index (κ3) is 2.03. The molecule has 0 aromatic heterocycles. The highest BCUT2D eigenvalue weighted by molar-refractivity contribution is 7.81. The second-order valence-corrected chi connectivity index (χ2v) is 1.27. The minimum atomic E-state index is 0.171. The standard InChI is InChI=1S/C3H2NS2/c4-1-3(6)2-5/h2,6H/q-1/p-1. The highest BCUT2D eigenvalue weighted by Gasteiger charge is 1.48. The summed E-state index contributed by atoms with van der Waals surface area (Å²) in [5.74, 6) is 1.69. The van der Waals surface area contributed by atoms with E-state index in [0.29, 0.717) is 0 Å². The van der Waals surface area contributed by atoms with Gasteiger partial charge in [-0.05, 0) is 5.37 Å². The topological polar surface area (TPSA) is 22.3 Å². The van der Waals surface area contributed by atoms with E-state index in [1.54, 1.807) is 5.87 Å². The van der Waals surface area contributed by atoms with Crippen LogP contribution in [0.3, 0.4) is 0 Å². The second-order valence-electron chi connectivity index (χ2n) is 0.594. The molecule has 6 heavy (non-hydrogen) atoms. The summed E-state index contributed by atoms with van der Waals surface area (Å²) < 4.78 is 0. The molecule has 0 aromatic carbocycles. The van der Waals surface area contributed by atoms with Gasteiger partial charge in [0.05, 0.1) is 0 Å². The molecule has 3 heteroatoms. The van der Waals surface area contributed by atoms with Crippen LogP contribution in [-0.2, 0) is 12.6 Å². The van der Waals surface area contributed by atoms with Gasteiger partial charge in [-0.15, -0.1) is 4.91 Å². The lowest BCUT2D eigenvalue weighted by Crippen LogP contribution is -1.69. The molecule has 0 atom stereocenters. The van der Waals surface area contributed by atoms with Gasteiger partial charge in [-0.25, -0.2) is 0 Å². The van der Waals surface area contributed by atoms with Crippen molar-refractivity contribution in [3.05, 3.63) is 10.3 Å². The van der Waals surface area contributed by atoms with Crippen molar-refractivity contribution in [3.63, 3.8) is 0 Å². The summed E-state index contributed by atoms with van der Waals surface area (Å²) in [5.41, 5.74) is 0. The number of rotatable bonds is 1. The maximum Gasteiger partial charge on any atom is -0.0120 e. The zero-order valence-electron chi connectivity index (χ0n) is 2.84. The van der Waals surface area contributed by atoms with Crippen molar-refractivity contribution in [1.29, 1.82) is 0 Å². The van der Waals surface area contributed by atoms with Crippen LogP contribution < -0.4 is 0 Å². The van der Waals surface area contributed by atoms with Gasteiger partial charge >= 0.3 is 0 Å². The molecule has 32 valence electrons. The lowest BCUT2D eigenvalue weighted by Gasteiger charge is -1.97. The molecule has 1 nitrogen and oxygen atoms in total. The summed E-state index contributed by atoms with van der Waals surface area (Å²) in [6.07, 6.45) is 0. The molecule has 0 fully saturated rings. The molecule has 0 aliphatic rings. The van der Waals surface area contributed by atoms with Crippen LogP contribution in [0, 0.1) is 0 Å². The highest BCUT2D eigenvalue weighted by Crippen LogP contribution is 1.71. The van der Waals surface area contributed by atoms with Crippen molar-refractivity contribution in [2.75, 3.05) is 0 Å². The molecule has 0 heterocycles. The minimum Gasteiger partial charge on any atom is -0.773 e. The fourth-order valence-corrected chi connectivity index (χ4v) is 0.0791. The van der Waals surface area contributed by atoms with E-state index in [1.165, 1.54) is 5.37 Å². The van der Waals surface area contributed by atoms with Crippen molar-refractivity contribution in [2.45, 2.75) is 0 Å². The third-order valence-corrected chi connectivity index (χ3v) is 0.811. The average Bonchev–Trinajstić information content (AvgIpc) is 1.65. The Morgan fingerprint density at radius 1 is 2.00 bits per heavy atom. The monoisotopic (exact) mass is 115 g/mol. The summed E-state index contributed by atoms with van der Waals surface area (Å²) in [4.78, 5) is 0.171. The molecule has 0 saturated heterocycles. The van der Waals surface area contributed by atoms with Gasteiger partial charge < -0.3 is 18.0 Å². The Bertz CT molecular complexity index is 101. The Labute approximate surface area is 47.0 Å². The number of nitrogens with zero attached hydrogens (tertiary/aromatic N) is 1. The lowest BCUT2D eigenvalue weighted by molar-refractivity contribution is 2.59. The molecular formula is C3HNS2-2. The SMILES string of the molecule is [N-]=C=C([S-])C=S. The van der Waals surface area contributed by atoms with Crippen LogP contribution in [0.15, 0.2) is 4.91 Å². The first-order chi connectivity index (χ1) is 2.81. The Kier molecular flexibility index (Phi) is 2.85. The smallest absolute Gasteiger partial charge is 0.0120 e. The molecule has 0 N–H and O–H groups in total. The van der Waals surface area contributed by atoms with Gasteiger partial charge in [-0.2, -0.15) is 0 Å². The molecule has 0 aromatic rings. The van der Waals surface area contributed by atoms with Gasteiger partial charge in [-0.1, -0.05) is 12.2 Å². The Hall–Kier alpha value is -0.240. The molecule has 0 saturated carbocycles. The zero-order chi connectivity index (χ0) is 4.99. The fourth-order valence-electron chi connectivity index (χ4n) is 0.0264. The van der Waals surface area contributed by atoms with Gasteiger partial charge in [-0.3, -0.25) is 5.87 Å². The predicted octanol–water partition coefficient (Wildman–Crippen LogP) is 0.656. The predicted molar refractivity (Wildman–Crippen MR) is 32.9 cm³/mol. The summed E-state index contributed by atoms with van der Waals surface area (Å²) in [5, 5.41) is 9.02. The van der Waals surface area contributed by atoms with Crippen molar-refractivity contribution >= 4 is 36.1 Å². The van der Waals surface area contributed by atoms with Gasteiger partial charge in [0.2, 0.25) is 0 Å². The summed E-state index contributed by atoms with van der Waals surface area (Å²) in [7, 11) is 0. The van der Waals surface area contributed by atoms with Crippen LogP contribution in [0.25, 0.3) is 5.41 Å². The lowest BCUT2D eigenvalue weighted by atomic mass is 10.7. The average molecular weight is 115 g/mol. The van der Waals surface area contributed by atoms with Crippen LogP contribution in [0.5, 0.6) is 0 Å². The summed E-state index contributed by atoms with van der Waals surface area (Å²) in [6.45, 7) is 0. The van der Waals surface area contributed by atoms with Crippen LogP contribution in [0.1, 0.15) is 0 Å². The highest BCUT2D eigenvalue weighted by atomic mass is 32.1. The van der Waals surface area contributed by atoms with Crippen molar-refractivity contribution in [3.8, 4) is 0 Å². The maximum absolute atomic E-state index is 7.85. The molecular weight excluding hydrogens is 114 g/mol. The molecule has 0 unspecified atom stereocenters. The summed E-state index contributed by atoms with van der Waals surface area (Å²) in [6, 6.07) is 0. The van der Waals surface area contributed by atoms with Crippen LogP contribution in [-0.4, -0.2) is 11.2 Å². The molecule has 0 aliphatic carbocycles. The number of thiocarbonyl (C=S) groups is 1. The first kappa shape index (κ1) is 5.76. The Morgan fingerprint density at radius 2 is 2.50 bits per heavy atom. The third-order valence-electron chi connectivity index (χ3n) is 0.217. The molecule has 0 spiro atoms. The molecule has 0 bridgehead atoms. The van der Waals surface area contributed by atoms with E-state index in [-0.39, 0.29) is 4.91 Å². The van der Waals surface area contributed by atoms with E-state index >= 15 is 0 Å². The van der Waals surface area contributed by atoms with Gasteiger partial charge in [0, 0.05) is 0 Å².